The van der Waals surface area contributed by atoms with E-state index in [1.807, 2.05) is 36.4 Å². The maximum atomic E-state index is 12.5. The zero-order chi connectivity index (χ0) is 24.4. The molecule has 35 heavy (non-hydrogen) atoms. The Morgan fingerprint density at radius 1 is 1.00 bits per heavy atom. The number of hydrogen-bond donors (Lipinski definition) is 0. The van der Waals surface area contributed by atoms with Gasteiger partial charge in [-0.1, -0.05) is 48.5 Å². The third kappa shape index (κ3) is 4.39. The number of carbonyl (C=O) groups is 2. The van der Waals surface area contributed by atoms with Crippen LogP contribution in [0.25, 0.3) is 21.8 Å². The average molecular weight is 472 g/mol. The van der Waals surface area contributed by atoms with Gasteiger partial charge in [-0.3, -0.25) is 9.69 Å². The van der Waals surface area contributed by atoms with E-state index >= 15 is 0 Å². The van der Waals surface area contributed by atoms with Crippen molar-refractivity contribution in [3.63, 3.8) is 0 Å². The van der Waals surface area contributed by atoms with E-state index in [0.29, 0.717) is 25.2 Å². The van der Waals surface area contributed by atoms with Crippen LogP contribution in [0.2, 0.25) is 0 Å². The minimum atomic E-state index is -0.457. The van der Waals surface area contributed by atoms with E-state index in [0.717, 1.165) is 46.9 Å². The molecule has 1 aliphatic heterocycles. The van der Waals surface area contributed by atoms with Crippen molar-refractivity contribution in [2.45, 2.75) is 31.8 Å². The molecule has 0 radical (unpaired) electrons. The number of fused-ring (bicyclic) bond motifs is 3. The number of nitrogens with zero attached hydrogens (tertiary/aromatic N) is 3. The van der Waals surface area contributed by atoms with Crippen LogP contribution in [-0.2, 0) is 27.2 Å². The number of carbonyl (C=O) groups excluding carboxylic acids is 2. The number of benzene rings is 2. The number of likely N-dealkylation sites (tertiary alicyclic amines) is 1. The first-order chi connectivity index (χ1) is 17.1. The first-order valence-electron chi connectivity index (χ1n) is 12.0. The number of para-hydroxylation sites is 1. The van der Waals surface area contributed by atoms with Crippen molar-refractivity contribution in [3.05, 3.63) is 77.6 Å². The smallest absolute Gasteiger partial charge is 0.356 e. The fraction of sp³-hybridized carbons (Fsp3) is 0.321. The van der Waals surface area contributed by atoms with Gasteiger partial charge in [0.25, 0.3) is 0 Å². The summed E-state index contributed by atoms with van der Waals surface area (Å²) in [4.78, 5) is 31.7. The molecule has 0 unspecified atom stereocenters. The van der Waals surface area contributed by atoms with Crippen LogP contribution in [0.4, 0.5) is 0 Å². The first-order valence-corrected chi connectivity index (χ1v) is 12.0. The highest BCUT2D eigenvalue weighted by molar-refractivity contribution is 6.10. The second-order valence-corrected chi connectivity index (χ2v) is 8.90. The highest BCUT2D eigenvalue weighted by Crippen LogP contribution is 2.33. The van der Waals surface area contributed by atoms with Crippen LogP contribution in [0.5, 0.6) is 0 Å². The monoisotopic (exact) mass is 471 g/mol. The molecule has 5 rings (SSSR count). The Kier molecular flexibility index (Phi) is 6.51. The van der Waals surface area contributed by atoms with Crippen LogP contribution in [0, 0.1) is 0 Å². The van der Waals surface area contributed by atoms with Gasteiger partial charge in [0.1, 0.15) is 11.7 Å². The molecule has 0 N–H and O–H groups in total. The fourth-order valence-electron chi connectivity index (χ4n) is 5.21. The predicted molar refractivity (Wildman–Crippen MR) is 134 cm³/mol. The lowest BCUT2D eigenvalue weighted by atomic mass is 10.1. The van der Waals surface area contributed by atoms with E-state index in [4.69, 9.17) is 14.5 Å². The van der Waals surface area contributed by atoms with Gasteiger partial charge in [-0.2, -0.15) is 0 Å². The Morgan fingerprint density at radius 3 is 2.54 bits per heavy atom. The molecule has 0 amide bonds. The molecule has 0 aliphatic carbocycles. The van der Waals surface area contributed by atoms with E-state index < -0.39 is 5.97 Å². The molecule has 7 nitrogen and oxygen atoms in total. The molecule has 0 saturated carbocycles. The van der Waals surface area contributed by atoms with Gasteiger partial charge in [-0.05, 0) is 37.1 Å². The summed E-state index contributed by atoms with van der Waals surface area (Å²) in [7, 11) is 2.81. The number of methoxy groups -OCH3 is 2. The number of pyridine rings is 1. The average Bonchev–Trinajstić information content (AvgIpc) is 3.50. The van der Waals surface area contributed by atoms with Gasteiger partial charge >= 0.3 is 11.9 Å². The second-order valence-electron chi connectivity index (χ2n) is 8.90. The second kappa shape index (κ2) is 9.88. The number of hydrogen-bond acceptors (Lipinski definition) is 6. The van der Waals surface area contributed by atoms with Crippen molar-refractivity contribution in [1.82, 2.24) is 14.5 Å². The first kappa shape index (κ1) is 23.1. The zero-order valence-corrected chi connectivity index (χ0v) is 20.1. The Labute approximate surface area is 204 Å². The maximum Gasteiger partial charge on any atom is 0.356 e. The van der Waals surface area contributed by atoms with Crippen molar-refractivity contribution in [1.29, 1.82) is 0 Å². The van der Waals surface area contributed by atoms with Gasteiger partial charge in [-0.25, -0.2) is 9.78 Å². The Bertz CT molecular complexity index is 1380. The normalized spacial score (nSPS) is 16.1. The van der Waals surface area contributed by atoms with Crippen molar-refractivity contribution in [2.75, 3.05) is 27.3 Å². The summed E-state index contributed by atoms with van der Waals surface area (Å²) in [6.07, 6.45) is 2.35. The van der Waals surface area contributed by atoms with Crippen molar-refractivity contribution in [2.24, 2.45) is 0 Å². The number of esters is 2. The standard InChI is InChI=1S/C28H29N3O4/c1-34-27(32)23-17-21-20-11-6-7-12-24(20)31(18-19-9-4-3-5-10-19)26(21)22(29-23)14-16-30-15-8-13-25(30)28(33)35-2/h3-7,9-12,17,25H,8,13-16,18H2,1-2H3/t25-/m0/s1. The van der Waals surface area contributed by atoms with Crippen molar-refractivity contribution in [3.8, 4) is 0 Å². The maximum absolute atomic E-state index is 12.5. The topological polar surface area (TPSA) is 73.7 Å². The van der Waals surface area contributed by atoms with Crippen LogP contribution in [-0.4, -0.2) is 59.7 Å². The molecule has 2 aromatic heterocycles. The number of aromatic nitrogens is 2. The molecule has 0 spiro atoms. The zero-order valence-electron chi connectivity index (χ0n) is 20.1. The Balaban J connectivity index is 1.63. The summed E-state index contributed by atoms with van der Waals surface area (Å²) in [6, 6.07) is 20.2. The molecular formula is C28H29N3O4. The van der Waals surface area contributed by atoms with E-state index in [-0.39, 0.29) is 12.0 Å². The summed E-state index contributed by atoms with van der Waals surface area (Å²) in [5.74, 6) is -0.649. The van der Waals surface area contributed by atoms with Gasteiger partial charge in [0.2, 0.25) is 0 Å². The third-order valence-electron chi connectivity index (χ3n) is 6.87. The molecule has 2 aromatic carbocycles. The summed E-state index contributed by atoms with van der Waals surface area (Å²) < 4.78 is 12.3. The summed E-state index contributed by atoms with van der Waals surface area (Å²) in [6.45, 7) is 2.18. The third-order valence-corrected chi connectivity index (χ3v) is 6.87. The molecule has 7 heteroatoms. The Morgan fingerprint density at radius 2 is 1.77 bits per heavy atom. The summed E-state index contributed by atoms with van der Waals surface area (Å²) >= 11 is 0. The van der Waals surface area contributed by atoms with Gasteiger partial charge < -0.3 is 14.0 Å². The molecule has 180 valence electrons. The molecule has 3 heterocycles. The van der Waals surface area contributed by atoms with Crippen LogP contribution in [0.3, 0.4) is 0 Å². The minimum Gasteiger partial charge on any atom is -0.468 e. The van der Waals surface area contributed by atoms with Gasteiger partial charge in [0, 0.05) is 35.8 Å². The van der Waals surface area contributed by atoms with Crippen molar-refractivity contribution >= 4 is 33.7 Å². The van der Waals surface area contributed by atoms with E-state index in [2.05, 4.69) is 33.7 Å². The molecule has 1 atom stereocenters. The van der Waals surface area contributed by atoms with Crippen LogP contribution in [0.1, 0.15) is 34.6 Å². The SMILES string of the molecule is COC(=O)c1cc2c3ccccc3n(Cc3ccccc3)c2c(CCN2CCC[C@H]2C(=O)OC)n1. The van der Waals surface area contributed by atoms with E-state index in [1.165, 1.54) is 19.8 Å². The summed E-state index contributed by atoms with van der Waals surface area (Å²) in [5, 5.41) is 2.05. The highest BCUT2D eigenvalue weighted by atomic mass is 16.5. The molecule has 0 bridgehead atoms. The molecule has 1 fully saturated rings. The lowest BCUT2D eigenvalue weighted by molar-refractivity contribution is -0.145. The van der Waals surface area contributed by atoms with Gasteiger partial charge in [0.15, 0.2) is 0 Å². The molecular weight excluding hydrogens is 442 g/mol. The van der Waals surface area contributed by atoms with Crippen LogP contribution in [0.15, 0.2) is 60.7 Å². The molecule has 4 aromatic rings. The lowest BCUT2D eigenvalue weighted by Gasteiger charge is -2.22. The fourth-order valence-corrected chi connectivity index (χ4v) is 5.21. The minimum absolute atomic E-state index is 0.192. The largest absolute Gasteiger partial charge is 0.468 e. The number of ether oxygens (including phenoxy) is 2. The predicted octanol–water partition coefficient (Wildman–Crippen LogP) is 4.20. The van der Waals surface area contributed by atoms with E-state index in [1.54, 1.807) is 0 Å². The Hall–Kier alpha value is -3.71. The summed E-state index contributed by atoms with van der Waals surface area (Å²) in [5.41, 5.74) is 4.40. The molecule has 1 saturated heterocycles. The number of rotatable bonds is 7. The van der Waals surface area contributed by atoms with Gasteiger partial charge in [-0.15, -0.1) is 0 Å². The van der Waals surface area contributed by atoms with Crippen LogP contribution < -0.4 is 0 Å². The van der Waals surface area contributed by atoms with Crippen LogP contribution >= 0.6 is 0 Å². The van der Waals surface area contributed by atoms with Crippen molar-refractivity contribution < 1.29 is 19.1 Å². The van der Waals surface area contributed by atoms with Gasteiger partial charge in [0.05, 0.1) is 25.4 Å². The van der Waals surface area contributed by atoms with E-state index in [9.17, 15) is 9.59 Å². The lowest BCUT2D eigenvalue weighted by Crippen LogP contribution is -2.38. The molecule has 1 aliphatic rings. The highest BCUT2D eigenvalue weighted by Gasteiger charge is 2.31. The quantitative estimate of drug-likeness (QED) is 0.376.